The average Bonchev–Trinajstić information content (AvgIpc) is 2.73. The van der Waals surface area contributed by atoms with Gasteiger partial charge in [-0.05, 0) is 36.1 Å². The van der Waals surface area contributed by atoms with Crippen LogP contribution in [-0.4, -0.2) is 59.9 Å². The van der Waals surface area contributed by atoms with E-state index in [4.69, 9.17) is 0 Å². The molecule has 1 aromatic heterocycles. The van der Waals surface area contributed by atoms with Crippen LogP contribution in [0.1, 0.15) is 42.2 Å². The number of piperazine rings is 1. The number of amides is 1. The van der Waals surface area contributed by atoms with Gasteiger partial charge in [-0.1, -0.05) is 26.0 Å². The third-order valence-corrected chi connectivity index (χ3v) is 7.04. The molecule has 1 aliphatic rings. The van der Waals surface area contributed by atoms with Crippen molar-refractivity contribution in [3.63, 3.8) is 0 Å². The molecule has 8 nitrogen and oxygen atoms in total. The molecule has 9 heteroatoms. The Balaban J connectivity index is 1.67. The van der Waals surface area contributed by atoms with E-state index >= 15 is 0 Å². The second-order valence-corrected chi connectivity index (χ2v) is 8.82. The lowest BCUT2D eigenvalue weighted by atomic mass is 9.99. The summed E-state index contributed by atoms with van der Waals surface area (Å²) in [7, 11) is -3.60. The van der Waals surface area contributed by atoms with E-state index in [1.54, 1.807) is 17.0 Å². The molecule has 3 rings (SSSR count). The van der Waals surface area contributed by atoms with Crippen LogP contribution in [0.3, 0.4) is 0 Å². The number of hydrogen-bond donors (Lipinski definition) is 1. The van der Waals surface area contributed by atoms with E-state index in [1.165, 1.54) is 16.4 Å². The number of aromatic nitrogens is 2. The van der Waals surface area contributed by atoms with Gasteiger partial charge in [0.1, 0.15) is 5.69 Å². The van der Waals surface area contributed by atoms with Gasteiger partial charge in [-0.3, -0.25) is 9.59 Å². The highest BCUT2D eigenvalue weighted by Crippen LogP contribution is 2.23. The molecule has 0 aliphatic carbocycles. The number of rotatable bonds is 5. The van der Waals surface area contributed by atoms with Crippen molar-refractivity contribution in [3.05, 3.63) is 58.0 Å². The normalized spacial score (nSPS) is 16.7. The maximum Gasteiger partial charge on any atom is 0.274 e. The summed E-state index contributed by atoms with van der Waals surface area (Å²) in [6.07, 6.45) is 0.992. The first kappa shape index (κ1) is 20.2. The van der Waals surface area contributed by atoms with Crippen molar-refractivity contribution in [1.82, 2.24) is 19.4 Å². The number of benzene rings is 1. The standard InChI is InChI=1S/C19H24N4O4S/c1-3-14(2)15-4-6-16(7-5-15)28(26,27)23-12-10-22(11-13-23)19(25)17-8-9-18(24)21-20-17/h4-9,14H,3,10-13H2,1-2H3,(H,21,24). The molecule has 1 aliphatic heterocycles. The topological polar surface area (TPSA) is 103 Å². The van der Waals surface area contributed by atoms with Crippen molar-refractivity contribution in [2.75, 3.05) is 26.2 Å². The van der Waals surface area contributed by atoms with E-state index in [0.717, 1.165) is 12.0 Å². The van der Waals surface area contributed by atoms with E-state index in [2.05, 4.69) is 24.0 Å². The largest absolute Gasteiger partial charge is 0.335 e. The van der Waals surface area contributed by atoms with Crippen molar-refractivity contribution < 1.29 is 13.2 Å². The minimum Gasteiger partial charge on any atom is -0.335 e. The van der Waals surface area contributed by atoms with Gasteiger partial charge in [-0.2, -0.15) is 9.40 Å². The lowest BCUT2D eigenvalue weighted by molar-refractivity contribution is 0.0690. The van der Waals surface area contributed by atoms with Gasteiger partial charge in [-0.25, -0.2) is 13.5 Å². The van der Waals surface area contributed by atoms with Gasteiger partial charge < -0.3 is 4.90 Å². The first-order valence-electron chi connectivity index (χ1n) is 9.28. The molecule has 0 spiro atoms. The first-order chi connectivity index (χ1) is 13.3. The van der Waals surface area contributed by atoms with Gasteiger partial charge in [0.2, 0.25) is 10.0 Å². The number of carbonyl (C=O) groups is 1. The maximum atomic E-state index is 12.9. The van der Waals surface area contributed by atoms with E-state index in [0.29, 0.717) is 5.92 Å². The van der Waals surface area contributed by atoms with Crippen LogP contribution in [0, 0.1) is 0 Å². The molecule has 1 atom stereocenters. The molecule has 1 fully saturated rings. The zero-order valence-electron chi connectivity index (χ0n) is 16.0. The Hall–Kier alpha value is -2.52. The zero-order valence-corrected chi connectivity index (χ0v) is 16.8. The highest BCUT2D eigenvalue weighted by molar-refractivity contribution is 7.89. The van der Waals surface area contributed by atoms with E-state index in [9.17, 15) is 18.0 Å². The Morgan fingerprint density at radius 1 is 1.11 bits per heavy atom. The van der Waals surface area contributed by atoms with E-state index in [1.807, 2.05) is 12.1 Å². The molecule has 1 aromatic carbocycles. The molecular weight excluding hydrogens is 380 g/mol. The molecule has 1 N–H and O–H groups in total. The SMILES string of the molecule is CCC(C)c1ccc(S(=O)(=O)N2CCN(C(=O)c3ccc(=O)[nH]n3)CC2)cc1. The minimum absolute atomic E-state index is 0.136. The molecule has 1 unspecified atom stereocenters. The third kappa shape index (κ3) is 4.15. The average molecular weight is 404 g/mol. The lowest BCUT2D eigenvalue weighted by Gasteiger charge is -2.33. The molecule has 0 radical (unpaired) electrons. The summed E-state index contributed by atoms with van der Waals surface area (Å²) in [5.74, 6) is 0.0547. The summed E-state index contributed by atoms with van der Waals surface area (Å²) in [5, 5.41) is 5.97. The van der Waals surface area contributed by atoms with Gasteiger partial charge in [0.25, 0.3) is 11.5 Å². The van der Waals surface area contributed by atoms with Gasteiger partial charge in [0.05, 0.1) is 4.90 Å². The first-order valence-corrected chi connectivity index (χ1v) is 10.7. The third-order valence-electron chi connectivity index (χ3n) is 5.12. The summed E-state index contributed by atoms with van der Waals surface area (Å²) in [6, 6.07) is 9.63. The number of carbonyl (C=O) groups excluding carboxylic acids is 1. The molecule has 2 heterocycles. The van der Waals surface area contributed by atoms with Crippen LogP contribution in [0.25, 0.3) is 0 Å². The summed E-state index contributed by atoms with van der Waals surface area (Å²) < 4.78 is 27.2. The molecule has 28 heavy (non-hydrogen) atoms. The number of H-pyrrole nitrogens is 1. The number of aromatic amines is 1. The maximum absolute atomic E-state index is 12.9. The van der Waals surface area contributed by atoms with Crippen LogP contribution in [0.4, 0.5) is 0 Å². The quantitative estimate of drug-likeness (QED) is 0.812. The second-order valence-electron chi connectivity index (χ2n) is 6.88. The van der Waals surface area contributed by atoms with Crippen LogP contribution >= 0.6 is 0 Å². The van der Waals surface area contributed by atoms with Crippen molar-refractivity contribution in [1.29, 1.82) is 0 Å². The fourth-order valence-corrected chi connectivity index (χ4v) is 4.53. The predicted molar refractivity (Wildman–Crippen MR) is 105 cm³/mol. The Morgan fingerprint density at radius 3 is 2.29 bits per heavy atom. The van der Waals surface area contributed by atoms with Crippen molar-refractivity contribution in [3.8, 4) is 0 Å². The molecular formula is C19H24N4O4S. The van der Waals surface area contributed by atoms with Gasteiger partial charge in [0, 0.05) is 32.2 Å². The monoisotopic (exact) mass is 404 g/mol. The summed E-state index contributed by atoms with van der Waals surface area (Å²) in [5.41, 5.74) is 0.869. The Kier molecular flexibility index (Phi) is 5.95. The summed E-state index contributed by atoms with van der Waals surface area (Å²) in [4.78, 5) is 25.3. The zero-order chi connectivity index (χ0) is 20.3. The van der Waals surface area contributed by atoms with Crippen molar-refractivity contribution >= 4 is 15.9 Å². The van der Waals surface area contributed by atoms with Crippen LogP contribution in [-0.2, 0) is 10.0 Å². The Labute approximate surface area is 164 Å². The van der Waals surface area contributed by atoms with Crippen molar-refractivity contribution in [2.24, 2.45) is 0 Å². The fraction of sp³-hybridized carbons (Fsp3) is 0.421. The molecule has 1 amide bonds. The van der Waals surface area contributed by atoms with Gasteiger partial charge >= 0.3 is 0 Å². The number of hydrogen-bond acceptors (Lipinski definition) is 5. The predicted octanol–water partition coefficient (Wildman–Crippen LogP) is 1.43. The van der Waals surface area contributed by atoms with Crippen LogP contribution in [0.15, 0.2) is 46.1 Å². The highest BCUT2D eigenvalue weighted by Gasteiger charge is 2.30. The molecule has 150 valence electrons. The molecule has 1 saturated heterocycles. The Morgan fingerprint density at radius 2 is 1.75 bits per heavy atom. The summed E-state index contributed by atoms with van der Waals surface area (Å²) in [6.45, 7) is 5.17. The molecule has 2 aromatic rings. The van der Waals surface area contributed by atoms with Crippen molar-refractivity contribution in [2.45, 2.75) is 31.1 Å². The molecule has 0 bridgehead atoms. The smallest absolute Gasteiger partial charge is 0.274 e. The summed E-state index contributed by atoms with van der Waals surface area (Å²) >= 11 is 0. The number of sulfonamides is 1. The highest BCUT2D eigenvalue weighted by atomic mass is 32.2. The van der Waals surface area contributed by atoms with E-state index in [-0.39, 0.29) is 48.2 Å². The fourth-order valence-electron chi connectivity index (χ4n) is 3.11. The van der Waals surface area contributed by atoms with Crippen LogP contribution in [0.2, 0.25) is 0 Å². The number of nitrogens with one attached hydrogen (secondary N) is 1. The number of nitrogens with zero attached hydrogens (tertiary/aromatic N) is 3. The Bertz CT molecular complexity index is 973. The second kappa shape index (κ2) is 8.24. The van der Waals surface area contributed by atoms with Crippen LogP contribution < -0.4 is 5.56 Å². The van der Waals surface area contributed by atoms with Crippen LogP contribution in [0.5, 0.6) is 0 Å². The van der Waals surface area contributed by atoms with E-state index < -0.39 is 10.0 Å². The van der Waals surface area contributed by atoms with Gasteiger partial charge in [0.15, 0.2) is 0 Å². The van der Waals surface area contributed by atoms with Gasteiger partial charge in [-0.15, -0.1) is 0 Å². The lowest BCUT2D eigenvalue weighted by Crippen LogP contribution is -2.50. The minimum atomic E-state index is -3.60. The molecule has 0 saturated carbocycles.